The zero-order valence-electron chi connectivity index (χ0n) is 16.2. The van der Waals surface area contributed by atoms with Gasteiger partial charge in [0.2, 0.25) is 5.91 Å². The van der Waals surface area contributed by atoms with E-state index in [4.69, 9.17) is 0 Å². The zero-order chi connectivity index (χ0) is 21.0. The van der Waals surface area contributed by atoms with Crippen LogP contribution in [0.4, 0.5) is 9.18 Å². The topological polar surface area (TPSA) is 66.5 Å². The summed E-state index contributed by atoms with van der Waals surface area (Å²) in [5, 5.41) is 2.30. The Morgan fingerprint density at radius 1 is 1.14 bits per heavy atom. The van der Waals surface area contributed by atoms with Crippen LogP contribution >= 0.6 is 11.8 Å². The van der Waals surface area contributed by atoms with E-state index in [1.165, 1.54) is 18.2 Å². The standard InChI is InChI=1S/C22H21FN2O3S/c1-14-7-8-16(11-15(14)2)12-20(26)24-9-10-25-21(27)19(29-22(25)28)13-17-5-3-4-6-18(17)23/h3-8,11,13H,9-10,12H2,1-2H3,(H,24,26)/b19-13-. The lowest BCUT2D eigenvalue weighted by molar-refractivity contribution is -0.124. The molecule has 0 aliphatic carbocycles. The first-order valence-electron chi connectivity index (χ1n) is 9.18. The second kappa shape index (κ2) is 9.05. The van der Waals surface area contributed by atoms with Gasteiger partial charge in [-0.05, 0) is 54.4 Å². The van der Waals surface area contributed by atoms with E-state index < -0.39 is 17.0 Å². The van der Waals surface area contributed by atoms with Crippen LogP contribution in [0.15, 0.2) is 47.4 Å². The number of nitrogens with zero attached hydrogens (tertiary/aromatic N) is 1. The molecule has 0 aromatic heterocycles. The summed E-state index contributed by atoms with van der Waals surface area (Å²) in [5.41, 5.74) is 3.44. The Morgan fingerprint density at radius 2 is 1.90 bits per heavy atom. The average molecular weight is 412 g/mol. The van der Waals surface area contributed by atoms with Gasteiger partial charge >= 0.3 is 0 Å². The minimum atomic E-state index is -0.480. The first-order chi connectivity index (χ1) is 13.8. The van der Waals surface area contributed by atoms with E-state index in [2.05, 4.69) is 5.32 Å². The van der Waals surface area contributed by atoms with Crippen molar-refractivity contribution >= 4 is 34.9 Å². The van der Waals surface area contributed by atoms with Crippen molar-refractivity contribution in [1.29, 1.82) is 0 Å². The van der Waals surface area contributed by atoms with E-state index in [-0.39, 0.29) is 35.9 Å². The van der Waals surface area contributed by atoms with E-state index in [0.717, 1.165) is 33.4 Å². The Hall–Kier alpha value is -2.93. The molecule has 0 unspecified atom stereocenters. The minimum Gasteiger partial charge on any atom is -0.354 e. The second-order valence-electron chi connectivity index (χ2n) is 6.80. The molecule has 0 spiro atoms. The molecule has 1 saturated heterocycles. The van der Waals surface area contributed by atoms with Crippen molar-refractivity contribution < 1.29 is 18.8 Å². The van der Waals surface area contributed by atoms with Crippen molar-refractivity contribution in [2.24, 2.45) is 0 Å². The molecule has 1 fully saturated rings. The molecule has 2 aromatic carbocycles. The molecule has 29 heavy (non-hydrogen) atoms. The minimum absolute atomic E-state index is 0.0674. The predicted octanol–water partition coefficient (Wildman–Crippen LogP) is 3.84. The molecular weight excluding hydrogens is 391 g/mol. The average Bonchev–Trinajstić information content (AvgIpc) is 2.94. The van der Waals surface area contributed by atoms with Crippen LogP contribution in [-0.4, -0.2) is 35.0 Å². The van der Waals surface area contributed by atoms with Crippen molar-refractivity contribution in [3.8, 4) is 0 Å². The Morgan fingerprint density at radius 3 is 2.62 bits per heavy atom. The largest absolute Gasteiger partial charge is 0.354 e. The van der Waals surface area contributed by atoms with E-state index in [9.17, 15) is 18.8 Å². The van der Waals surface area contributed by atoms with Crippen LogP contribution in [-0.2, 0) is 16.0 Å². The SMILES string of the molecule is Cc1ccc(CC(=O)NCCN2C(=O)S/C(=C\c3ccccc3F)C2=O)cc1C. The lowest BCUT2D eigenvalue weighted by atomic mass is 10.0. The van der Waals surface area contributed by atoms with Crippen molar-refractivity contribution in [2.45, 2.75) is 20.3 Å². The third-order valence-electron chi connectivity index (χ3n) is 4.66. The van der Waals surface area contributed by atoms with E-state index in [1.807, 2.05) is 32.0 Å². The van der Waals surface area contributed by atoms with Gasteiger partial charge in [0.25, 0.3) is 11.1 Å². The summed E-state index contributed by atoms with van der Waals surface area (Å²) >= 11 is 0.769. The summed E-state index contributed by atoms with van der Waals surface area (Å²) in [4.78, 5) is 37.9. The molecule has 1 N–H and O–H groups in total. The summed E-state index contributed by atoms with van der Waals surface area (Å²) in [6, 6.07) is 11.9. The number of carbonyl (C=O) groups is 3. The van der Waals surface area contributed by atoms with Gasteiger partial charge < -0.3 is 5.32 Å². The van der Waals surface area contributed by atoms with Crippen molar-refractivity contribution in [3.05, 3.63) is 75.4 Å². The Balaban J connectivity index is 1.54. The Kier molecular flexibility index (Phi) is 6.49. The number of halogens is 1. The molecule has 1 heterocycles. The summed E-state index contributed by atoms with van der Waals surface area (Å²) in [7, 11) is 0. The van der Waals surface area contributed by atoms with Crippen molar-refractivity contribution in [3.63, 3.8) is 0 Å². The zero-order valence-corrected chi connectivity index (χ0v) is 17.0. The maximum Gasteiger partial charge on any atom is 0.293 e. The third kappa shape index (κ3) is 5.12. The maximum absolute atomic E-state index is 13.8. The summed E-state index contributed by atoms with van der Waals surface area (Å²) in [5.74, 6) is -1.12. The molecule has 0 atom stereocenters. The highest BCUT2D eigenvalue weighted by molar-refractivity contribution is 8.18. The first kappa shape index (κ1) is 20.8. The van der Waals surface area contributed by atoms with Crippen LogP contribution in [0.1, 0.15) is 22.3 Å². The predicted molar refractivity (Wildman–Crippen MR) is 112 cm³/mol. The van der Waals surface area contributed by atoms with Crippen molar-refractivity contribution in [2.75, 3.05) is 13.1 Å². The second-order valence-corrected chi connectivity index (χ2v) is 7.79. The lowest BCUT2D eigenvalue weighted by Crippen LogP contribution is -2.37. The van der Waals surface area contributed by atoms with Crippen LogP contribution < -0.4 is 5.32 Å². The van der Waals surface area contributed by atoms with Crippen LogP contribution in [0.3, 0.4) is 0 Å². The van der Waals surface area contributed by atoms with Gasteiger partial charge in [-0.15, -0.1) is 0 Å². The van der Waals surface area contributed by atoms with Crippen molar-refractivity contribution in [1.82, 2.24) is 10.2 Å². The number of hydrogen-bond acceptors (Lipinski definition) is 4. The molecule has 1 aliphatic heterocycles. The van der Waals surface area contributed by atoms with Crippen LogP contribution in [0.2, 0.25) is 0 Å². The fraction of sp³-hybridized carbons (Fsp3) is 0.227. The molecule has 3 rings (SSSR count). The lowest BCUT2D eigenvalue weighted by Gasteiger charge is -2.13. The third-order valence-corrected chi connectivity index (χ3v) is 5.57. The number of benzene rings is 2. The van der Waals surface area contributed by atoms with Gasteiger partial charge in [-0.1, -0.05) is 36.4 Å². The number of amides is 3. The van der Waals surface area contributed by atoms with Crippen LogP contribution in [0.25, 0.3) is 6.08 Å². The molecule has 2 aromatic rings. The maximum atomic E-state index is 13.8. The molecule has 150 valence electrons. The molecule has 5 nitrogen and oxygen atoms in total. The summed E-state index contributed by atoms with van der Waals surface area (Å²) < 4.78 is 13.8. The number of aryl methyl sites for hydroxylation is 2. The quantitative estimate of drug-likeness (QED) is 0.732. The van der Waals surface area contributed by atoms with Gasteiger partial charge in [0.05, 0.1) is 11.3 Å². The summed E-state index contributed by atoms with van der Waals surface area (Å²) in [6.07, 6.45) is 1.61. The molecule has 0 saturated carbocycles. The fourth-order valence-electron chi connectivity index (χ4n) is 2.89. The molecular formula is C22H21FN2O3S. The molecule has 0 bridgehead atoms. The summed E-state index contributed by atoms with van der Waals surface area (Å²) in [6.45, 7) is 4.23. The molecule has 7 heteroatoms. The number of imide groups is 1. The molecule has 1 aliphatic rings. The molecule has 3 amide bonds. The normalized spacial score (nSPS) is 15.3. The number of hydrogen-bond donors (Lipinski definition) is 1. The van der Waals surface area contributed by atoms with Gasteiger partial charge in [0.1, 0.15) is 5.82 Å². The highest BCUT2D eigenvalue weighted by atomic mass is 32.2. The Labute approximate surface area is 173 Å². The molecule has 0 radical (unpaired) electrons. The monoisotopic (exact) mass is 412 g/mol. The van der Waals surface area contributed by atoms with Gasteiger partial charge in [-0.25, -0.2) is 4.39 Å². The van der Waals surface area contributed by atoms with Gasteiger partial charge in [0.15, 0.2) is 0 Å². The highest BCUT2D eigenvalue weighted by Crippen LogP contribution is 2.32. The van der Waals surface area contributed by atoms with Crippen LogP contribution in [0.5, 0.6) is 0 Å². The van der Waals surface area contributed by atoms with E-state index in [0.29, 0.717) is 0 Å². The fourth-order valence-corrected chi connectivity index (χ4v) is 3.75. The van der Waals surface area contributed by atoms with Gasteiger partial charge in [-0.2, -0.15) is 0 Å². The number of carbonyl (C=O) groups excluding carboxylic acids is 3. The van der Waals surface area contributed by atoms with Crippen LogP contribution in [0, 0.1) is 19.7 Å². The Bertz CT molecular complexity index is 1000. The highest BCUT2D eigenvalue weighted by Gasteiger charge is 2.34. The number of thioether (sulfide) groups is 1. The first-order valence-corrected chi connectivity index (χ1v) is 9.99. The van der Waals surface area contributed by atoms with E-state index >= 15 is 0 Å². The van der Waals surface area contributed by atoms with E-state index in [1.54, 1.807) is 12.1 Å². The number of nitrogens with one attached hydrogen (secondary N) is 1. The number of rotatable bonds is 6. The smallest absolute Gasteiger partial charge is 0.293 e. The van der Waals surface area contributed by atoms with Gasteiger partial charge in [-0.3, -0.25) is 19.3 Å². The van der Waals surface area contributed by atoms with Gasteiger partial charge in [0, 0.05) is 18.7 Å².